The first-order valence-corrected chi connectivity index (χ1v) is 9.39. The highest BCUT2D eigenvalue weighted by atomic mass is 35.5. The molecule has 1 aliphatic rings. The van der Waals surface area contributed by atoms with E-state index in [1.807, 2.05) is 11.7 Å². The molecule has 1 aliphatic carbocycles. The number of halogens is 1. The Bertz CT molecular complexity index is 633. The van der Waals surface area contributed by atoms with E-state index in [2.05, 4.69) is 35.3 Å². The van der Waals surface area contributed by atoms with E-state index >= 15 is 0 Å². The molecule has 0 N–H and O–H groups in total. The molecule has 0 aromatic carbocycles. The number of hydrogen-bond acceptors (Lipinski definition) is 3. The zero-order valence-corrected chi connectivity index (χ0v) is 14.5. The highest BCUT2D eigenvalue weighted by Crippen LogP contribution is 2.41. The minimum atomic E-state index is 0.470. The summed E-state index contributed by atoms with van der Waals surface area (Å²) >= 11 is 8.26. The van der Waals surface area contributed by atoms with Gasteiger partial charge in [0, 0.05) is 18.3 Å². The molecule has 1 fully saturated rings. The van der Waals surface area contributed by atoms with Crippen molar-refractivity contribution in [2.75, 3.05) is 5.75 Å². The molecule has 0 amide bonds. The number of alkyl halides is 1. The van der Waals surface area contributed by atoms with Crippen LogP contribution in [0.5, 0.6) is 0 Å². The summed E-state index contributed by atoms with van der Waals surface area (Å²) in [6.07, 6.45) is 4.72. The monoisotopic (exact) mass is 326 g/mol. The Hall–Kier alpha value is -0.680. The van der Waals surface area contributed by atoms with E-state index in [0.717, 1.165) is 29.1 Å². The normalized spacial score (nSPS) is 22.5. The average Bonchev–Trinajstić information content (AvgIpc) is 3.14. The van der Waals surface area contributed by atoms with E-state index in [4.69, 9.17) is 16.6 Å². The molecule has 1 saturated carbocycles. The Morgan fingerprint density at radius 2 is 2.14 bits per heavy atom. The Balaban J connectivity index is 2.13. The van der Waals surface area contributed by atoms with Gasteiger partial charge in [-0.15, -0.1) is 11.6 Å². The van der Waals surface area contributed by atoms with Crippen LogP contribution < -0.4 is 0 Å². The van der Waals surface area contributed by atoms with E-state index < -0.39 is 0 Å². The third kappa shape index (κ3) is 2.48. The van der Waals surface area contributed by atoms with Crippen molar-refractivity contribution in [2.24, 2.45) is 7.05 Å². The molecule has 3 rings (SSSR count). The van der Waals surface area contributed by atoms with Crippen LogP contribution in [0.4, 0.5) is 0 Å². The van der Waals surface area contributed by atoms with Gasteiger partial charge in [-0.25, -0.2) is 4.98 Å². The second-order valence-electron chi connectivity index (χ2n) is 5.62. The summed E-state index contributed by atoms with van der Waals surface area (Å²) in [5, 5.41) is 5.31. The molecule has 0 spiro atoms. The number of thioether (sulfide) groups is 1. The van der Waals surface area contributed by atoms with Crippen molar-refractivity contribution in [1.29, 1.82) is 0 Å². The highest BCUT2D eigenvalue weighted by Gasteiger charge is 2.32. The smallest absolute Gasteiger partial charge is 0.159 e. The maximum Gasteiger partial charge on any atom is 0.159 e. The van der Waals surface area contributed by atoms with Crippen molar-refractivity contribution >= 4 is 34.5 Å². The van der Waals surface area contributed by atoms with Crippen LogP contribution in [0.1, 0.15) is 50.7 Å². The van der Waals surface area contributed by atoms with Crippen LogP contribution in [0, 0.1) is 0 Å². The van der Waals surface area contributed by atoms with Crippen LogP contribution in [0.2, 0.25) is 0 Å². The maximum atomic E-state index is 6.19. The molecule has 2 aromatic heterocycles. The molecule has 21 heavy (non-hydrogen) atoms. The Kier molecular flexibility index (Phi) is 4.50. The summed E-state index contributed by atoms with van der Waals surface area (Å²) in [5.74, 6) is 2.64. The van der Waals surface area contributed by atoms with Gasteiger partial charge in [-0.1, -0.05) is 20.3 Å². The molecule has 2 atom stereocenters. The topological polar surface area (TPSA) is 35.6 Å². The van der Waals surface area contributed by atoms with Crippen molar-refractivity contribution in [3.63, 3.8) is 0 Å². The van der Waals surface area contributed by atoms with Gasteiger partial charge in [0.15, 0.2) is 5.65 Å². The zero-order valence-electron chi connectivity index (χ0n) is 13.0. The molecule has 0 aliphatic heterocycles. The second-order valence-corrected chi connectivity index (χ2v) is 7.40. The molecule has 6 heteroatoms. The van der Waals surface area contributed by atoms with Crippen molar-refractivity contribution in [2.45, 2.75) is 56.7 Å². The Morgan fingerprint density at radius 3 is 2.81 bits per heavy atom. The number of rotatable bonds is 5. The van der Waals surface area contributed by atoms with Gasteiger partial charge in [-0.3, -0.25) is 4.68 Å². The Labute approximate surface area is 135 Å². The fourth-order valence-electron chi connectivity index (χ4n) is 3.54. The van der Waals surface area contributed by atoms with Gasteiger partial charge in [0.2, 0.25) is 0 Å². The van der Waals surface area contributed by atoms with E-state index in [1.54, 1.807) is 0 Å². The van der Waals surface area contributed by atoms with Gasteiger partial charge >= 0.3 is 0 Å². The van der Waals surface area contributed by atoms with E-state index in [-0.39, 0.29) is 0 Å². The van der Waals surface area contributed by atoms with Gasteiger partial charge in [0.05, 0.1) is 11.6 Å². The number of nitrogens with zero attached hydrogens (tertiary/aromatic N) is 4. The molecule has 2 aromatic rings. The lowest BCUT2D eigenvalue weighted by Gasteiger charge is -2.22. The van der Waals surface area contributed by atoms with Crippen molar-refractivity contribution < 1.29 is 0 Å². The number of aryl methyl sites for hydroxylation is 2. The van der Waals surface area contributed by atoms with Gasteiger partial charge in [0.25, 0.3) is 0 Å². The van der Waals surface area contributed by atoms with E-state index in [0.29, 0.717) is 17.2 Å². The summed E-state index contributed by atoms with van der Waals surface area (Å²) < 4.78 is 4.37. The molecular weight excluding hydrogens is 304 g/mol. The first-order chi connectivity index (χ1) is 10.2. The SMILES string of the molecule is CCSC1CCCC1n1c(CCl)nc2c(CC)nn(C)c21. The predicted molar refractivity (Wildman–Crippen MR) is 90.2 cm³/mol. The summed E-state index contributed by atoms with van der Waals surface area (Å²) in [6, 6.07) is 0.508. The van der Waals surface area contributed by atoms with Gasteiger partial charge in [-0.2, -0.15) is 16.9 Å². The molecule has 0 saturated heterocycles. The van der Waals surface area contributed by atoms with Crippen LogP contribution in [0.25, 0.3) is 11.2 Å². The fourth-order valence-corrected chi connectivity index (χ4v) is 4.97. The van der Waals surface area contributed by atoms with Gasteiger partial charge < -0.3 is 4.57 Å². The van der Waals surface area contributed by atoms with Crippen LogP contribution >= 0.6 is 23.4 Å². The third-order valence-corrected chi connectivity index (χ3v) is 5.94. The number of imidazole rings is 1. The molecule has 0 radical (unpaired) electrons. The standard InChI is InChI=1S/C15H23ClN4S/c1-4-10-14-15(19(3)18-10)20(13(9-16)17-14)11-7-6-8-12(11)21-5-2/h11-12H,4-9H2,1-3H3. The molecular formula is C15H23ClN4S. The van der Waals surface area contributed by atoms with Crippen molar-refractivity contribution in [3.8, 4) is 0 Å². The lowest BCUT2D eigenvalue weighted by Crippen LogP contribution is -2.19. The lowest BCUT2D eigenvalue weighted by molar-refractivity contribution is 0.515. The molecule has 4 nitrogen and oxygen atoms in total. The predicted octanol–water partition coefficient (Wildman–Crippen LogP) is 3.92. The lowest BCUT2D eigenvalue weighted by atomic mass is 10.2. The quantitative estimate of drug-likeness (QED) is 0.781. The largest absolute Gasteiger partial charge is 0.308 e. The average molecular weight is 327 g/mol. The van der Waals surface area contributed by atoms with Crippen molar-refractivity contribution in [3.05, 3.63) is 11.5 Å². The first kappa shape index (κ1) is 15.2. The molecule has 2 unspecified atom stereocenters. The number of hydrogen-bond donors (Lipinski definition) is 0. The van der Waals surface area contributed by atoms with Crippen LogP contribution in [-0.2, 0) is 19.3 Å². The van der Waals surface area contributed by atoms with E-state index in [9.17, 15) is 0 Å². The van der Waals surface area contributed by atoms with Crippen molar-refractivity contribution in [1.82, 2.24) is 19.3 Å². The van der Waals surface area contributed by atoms with Crippen LogP contribution in [0.15, 0.2) is 0 Å². The zero-order chi connectivity index (χ0) is 15.0. The van der Waals surface area contributed by atoms with Crippen LogP contribution in [-0.4, -0.2) is 30.3 Å². The molecule has 116 valence electrons. The first-order valence-electron chi connectivity index (χ1n) is 7.81. The second kappa shape index (κ2) is 6.21. The van der Waals surface area contributed by atoms with Gasteiger partial charge in [0.1, 0.15) is 11.3 Å². The molecule has 2 heterocycles. The van der Waals surface area contributed by atoms with Crippen LogP contribution in [0.3, 0.4) is 0 Å². The fraction of sp³-hybridized carbons (Fsp3) is 0.733. The summed E-state index contributed by atoms with van der Waals surface area (Å²) in [4.78, 5) is 4.80. The summed E-state index contributed by atoms with van der Waals surface area (Å²) in [7, 11) is 2.02. The number of aromatic nitrogens is 4. The van der Waals surface area contributed by atoms with E-state index in [1.165, 1.54) is 25.0 Å². The Morgan fingerprint density at radius 1 is 1.33 bits per heavy atom. The minimum absolute atomic E-state index is 0.470. The third-order valence-electron chi connectivity index (χ3n) is 4.39. The minimum Gasteiger partial charge on any atom is -0.308 e. The van der Waals surface area contributed by atoms with Gasteiger partial charge in [-0.05, 0) is 25.0 Å². The maximum absolute atomic E-state index is 6.19. The number of fused-ring (bicyclic) bond motifs is 1. The summed E-state index contributed by atoms with van der Waals surface area (Å²) in [6.45, 7) is 4.37. The highest BCUT2D eigenvalue weighted by molar-refractivity contribution is 7.99. The summed E-state index contributed by atoms with van der Waals surface area (Å²) in [5.41, 5.74) is 3.27. The molecule has 0 bridgehead atoms.